The molecular formula is C26H29N3O4. The fourth-order valence-electron chi connectivity index (χ4n) is 4.65. The zero-order valence-electron chi connectivity index (χ0n) is 18.7. The van der Waals surface area contributed by atoms with Gasteiger partial charge in [-0.05, 0) is 61.9 Å². The third-order valence-corrected chi connectivity index (χ3v) is 6.58. The smallest absolute Gasteiger partial charge is 0.253 e. The number of hydrogen-bond donors (Lipinski definition) is 1. The molecule has 2 aliphatic heterocycles. The molecule has 2 amide bonds. The summed E-state index contributed by atoms with van der Waals surface area (Å²) < 4.78 is 11.5. The Morgan fingerprint density at radius 1 is 1.06 bits per heavy atom. The van der Waals surface area contributed by atoms with Gasteiger partial charge >= 0.3 is 0 Å². The standard InChI is InChI=1S/C26H29N3O4/c30-24(27-17-21-7-4-14-32-21)15-18-10-12-29(13-11-18)26(31)20-8-9-22-23(16-20)33-25(28-22)19-5-2-1-3-6-19/h1-3,5-6,8-9,16,18,21H,4,7,10-15,17H2,(H,27,30). The second-order valence-corrected chi connectivity index (χ2v) is 8.95. The van der Waals surface area contributed by atoms with Gasteiger partial charge in [0.05, 0.1) is 6.10 Å². The van der Waals surface area contributed by atoms with Gasteiger partial charge in [-0.15, -0.1) is 0 Å². The Balaban J connectivity index is 1.15. The lowest BCUT2D eigenvalue weighted by molar-refractivity contribution is -0.122. The van der Waals surface area contributed by atoms with Crippen LogP contribution in [-0.2, 0) is 9.53 Å². The van der Waals surface area contributed by atoms with Gasteiger partial charge in [-0.1, -0.05) is 18.2 Å². The van der Waals surface area contributed by atoms with Crippen LogP contribution in [0.1, 0.15) is 42.5 Å². The number of oxazole rings is 1. The number of hydrogen-bond acceptors (Lipinski definition) is 5. The van der Waals surface area contributed by atoms with Gasteiger partial charge in [-0.2, -0.15) is 0 Å². The highest BCUT2D eigenvalue weighted by Crippen LogP contribution is 2.26. The number of nitrogens with zero attached hydrogens (tertiary/aromatic N) is 2. The van der Waals surface area contributed by atoms with E-state index in [2.05, 4.69) is 10.3 Å². The summed E-state index contributed by atoms with van der Waals surface area (Å²) in [4.78, 5) is 31.7. The molecule has 33 heavy (non-hydrogen) atoms. The van der Waals surface area contributed by atoms with Gasteiger partial charge in [0, 0.05) is 43.8 Å². The van der Waals surface area contributed by atoms with Crippen LogP contribution in [0.2, 0.25) is 0 Å². The van der Waals surface area contributed by atoms with Gasteiger partial charge in [0.15, 0.2) is 5.58 Å². The van der Waals surface area contributed by atoms with E-state index in [9.17, 15) is 9.59 Å². The Labute approximate surface area is 193 Å². The fraction of sp³-hybridized carbons (Fsp3) is 0.423. The van der Waals surface area contributed by atoms with Gasteiger partial charge in [0.1, 0.15) is 5.52 Å². The molecule has 172 valence electrons. The summed E-state index contributed by atoms with van der Waals surface area (Å²) in [5.41, 5.74) is 2.85. The molecule has 7 nitrogen and oxygen atoms in total. The molecule has 1 N–H and O–H groups in total. The molecule has 0 saturated carbocycles. The monoisotopic (exact) mass is 447 g/mol. The van der Waals surface area contributed by atoms with E-state index >= 15 is 0 Å². The quantitative estimate of drug-likeness (QED) is 0.617. The molecular weight excluding hydrogens is 418 g/mol. The van der Waals surface area contributed by atoms with Crippen LogP contribution in [0, 0.1) is 5.92 Å². The summed E-state index contributed by atoms with van der Waals surface area (Å²) in [7, 11) is 0. The van der Waals surface area contributed by atoms with E-state index in [0.717, 1.165) is 43.4 Å². The first kappa shape index (κ1) is 21.6. The normalized spacial score (nSPS) is 19.2. The van der Waals surface area contributed by atoms with E-state index in [0.29, 0.717) is 49.0 Å². The average molecular weight is 448 g/mol. The molecule has 1 atom stereocenters. The number of amides is 2. The second kappa shape index (κ2) is 9.75. The minimum Gasteiger partial charge on any atom is -0.436 e. The molecule has 1 aromatic heterocycles. The molecule has 0 spiro atoms. The van der Waals surface area contributed by atoms with Crippen molar-refractivity contribution in [2.75, 3.05) is 26.2 Å². The maximum Gasteiger partial charge on any atom is 0.253 e. The lowest BCUT2D eigenvalue weighted by atomic mass is 9.93. The number of likely N-dealkylation sites (tertiary alicyclic amines) is 1. The molecule has 5 rings (SSSR count). The molecule has 2 saturated heterocycles. The third-order valence-electron chi connectivity index (χ3n) is 6.58. The largest absolute Gasteiger partial charge is 0.436 e. The van der Waals surface area contributed by atoms with E-state index in [1.165, 1.54) is 0 Å². The van der Waals surface area contributed by atoms with Crippen LogP contribution in [0.25, 0.3) is 22.6 Å². The summed E-state index contributed by atoms with van der Waals surface area (Å²) in [6.07, 6.45) is 4.45. The van der Waals surface area contributed by atoms with Crippen molar-refractivity contribution >= 4 is 22.9 Å². The van der Waals surface area contributed by atoms with E-state index < -0.39 is 0 Å². The van der Waals surface area contributed by atoms with Crippen molar-refractivity contribution in [3.8, 4) is 11.5 Å². The maximum absolute atomic E-state index is 13.1. The number of carbonyl (C=O) groups excluding carboxylic acids is 2. The van der Waals surface area contributed by atoms with E-state index in [1.807, 2.05) is 47.4 Å². The first-order chi connectivity index (χ1) is 16.2. The van der Waals surface area contributed by atoms with Crippen LogP contribution < -0.4 is 5.32 Å². The topological polar surface area (TPSA) is 84.7 Å². The van der Waals surface area contributed by atoms with Crippen molar-refractivity contribution in [2.24, 2.45) is 5.92 Å². The number of carbonyl (C=O) groups is 2. The van der Waals surface area contributed by atoms with Crippen molar-refractivity contribution in [1.82, 2.24) is 15.2 Å². The highest BCUT2D eigenvalue weighted by Gasteiger charge is 2.26. The molecule has 2 aromatic carbocycles. The minimum absolute atomic E-state index is 0.00385. The van der Waals surface area contributed by atoms with Crippen molar-refractivity contribution in [2.45, 2.75) is 38.2 Å². The van der Waals surface area contributed by atoms with Gasteiger partial charge < -0.3 is 19.4 Å². The molecule has 1 unspecified atom stereocenters. The van der Waals surface area contributed by atoms with Crippen LogP contribution in [0.4, 0.5) is 0 Å². The first-order valence-corrected chi connectivity index (χ1v) is 11.8. The number of rotatable bonds is 6. The van der Waals surface area contributed by atoms with Crippen LogP contribution in [0.5, 0.6) is 0 Å². The van der Waals surface area contributed by atoms with Crippen LogP contribution in [-0.4, -0.2) is 54.0 Å². The molecule has 0 radical (unpaired) electrons. The number of piperidine rings is 1. The Hall–Kier alpha value is -3.19. The Kier molecular flexibility index (Phi) is 6.39. The predicted molar refractivity (Wildman–Crippen MR) is 125 cm³/mol. The molecule has 3 heterocycles. The fourth-order valence-corrected chi connectivity index (χ4v) is 4.65. The number of aromatic nitrogens is 1. The van der Waals surface area contributed by atoms with Crippen molar-refractivity contribution in [3.05, 3.63) is 54.1 Å². The van der Waals surface area contributed by atoms with Gasteiger partial charge in [0.2, 0.25) is 11.8 Å². The van der Waals surface area contributed by atoms with Crippen LogP contribution >= 0.6 is 0 Å². The van der Waals surface area contributed by atoms with Crippen LogP contribution in [0.3, 0.4) is 0 Å². The zero-order valence-corrected chi connectivity index (χ0v) is 18.7. The second-order valence-electron chi connectivity index (χ2n) is 8.95. The summed E-state index contributed by atoms with van der Waals surface area (Å²) >= 11 is 0. The third kappa shape index (κ3) is 5.09. The molecule has 2 fully saturated rings. The number of ether oxygens (including phenoxy) is 1. The minimum atomic E-state index is -0.00385. The molecule has 3 aromatic rings. The Bertz CT molecular complexity index is 1110. The highest BCUT2D eigenvalue weighted by atomic mass is 16.5. The molecule has 0 aliphatic carbocycles. The Morgan fingerprint density at radius 3 is 2.64 bits per heavy atom. The van der Waals surface area contributed by atoms with Crippen LogP contribution in [0.15, 0.2) is 52.9 Å². The van der Waals surface area contributed by atoms with Crippen molar-refractivity contribution in [3.63, 3.8) is 0 Å². The number of benzene rings is 2. The van der Waals surface area contributed by atoms with Gasteiger partial charge in [-0.3, -0.25) is 9.59 Å². The molecule has 0 bridgehead atoms. The van der Waals surface area contributed by atoms with Crippen molar-refractivity contribution in [1.29, 1.82) is 0 Å². The maximum atomic E-state index is 13.1. The van der Waals surface area contributed by atoms with Crippen molar-refractivity contribution < 1.29 is 18.7 Å². The lowest BCUT2D eigenvalue weighted by Gasteiger charge is -2.32. The van der Waals surface area contributed by atoms with Gasteiger partial charge in [0.25, 0.3) is 5.91 Å². The van der Waals surface area contributed by atoms with Gasteiger partial charge in [-0.25, -0.2) is 4.98 Å². The molecule has 2 aliphatic rings. The van der Waals surface area contributed by atoms with E-state index in [4.69, 9.17) is 9.15 Å². The van der Waals surface area contributed by atoms with E-state index in [-0.39, 0.29) is 17.9 Å². The summed E-state index contributed by atoms with van der Waals surface area (Å²) in [6.45, 7) is 2.72. The Morgan fingerprint density at radius 2 is 1.88 bits per heavy atom. The predicted octanol–water partition coefficient (Wildman–Crippen LogP) is 4.03. The lowest BCUT2D eigenvalue weighted by Crippen LogP contribution is -2.40. The zero-order chi connectivity index (χ0) is 22.6. The summed E-state index contributed by atoms with van der Waals surface area (Å²) in [5.74, 6) is 0.939. The average Bonchev–Trinajstić information content (AvgIpc) is 3.53. The number of nitrogens with one attached hydrogen (secondary N) is 1. The highest BCUT2D eigenvalue weighted by molar-refractivity contribution is 5.97. The summed E-state index contributed by atoms with van der Waals surface area (Å²) in [6, 6.07) is 15.2. The first-order valence-electron chi connectivity index (χ1n) is 11.8. The molecule has 7 heteroatoms. The SMILES string of the molecule is O=C(CC1CCN(C(=O)c2ccc3nc(-c4ccccc4)oc3c2)CC1)NCC1CCCO1. The van der Waals surface area contributed by atoms with E-state index in [1.54, 1.807) is 6.07 Å². The summed E-state index contributed by atoms with van der Waals surface area (Å²) in [5, 5.41) is 3.00. The number of fused-ring (bicyclic) bond motifs is 1.